The van der Waals surface area contributed by atoms with Crippen molar-refractivity contribution in [2.75, 3.05) is 26.2 Å². The summed E-state index contributed by atoms with van der Waals surface area (Å²) in [6.07, 6.45) is 7.45. The van der Waals surface area contributed by atoms with Gasteiger partial charge in [-0.3, -0.25) is 4.90 Å². The molecule has 3 rings (SSSR count). The van der Waals surface area contributed by atoms with Crippen molar-refractivity contribution in [1.82, 2.24) is 25.1 Å². The maximum atomic E-state index is 12.4. The van der Waals surface area contributed by atoms with Crippen molar-refractivity contribution in [2.45, 2.75) is 57.7 Å². The van der Waals surface area contributed by atoms with E-state index in [9.17, 15) is 4.79 Å². The molecule has 0 aliphatic carbocycles. The standard InChI is InChI=1S/C18H29N5O2/c1-14(2)23-10-3-5-15(23)13-21-18(24)22-11-6-16(7-12-22)25-17-19-8-4-9-20-17/h4,8-9,14-16H,3,5-7,10-13H2,1-2H3,(H,21,24)/t15-/m1/s1. The summed E-state index contributed by atoms with van der Waals surface area (Å²) < 4.78 is 5.78. The summed E-state index contributed by atoms with van der Waals surface area (Å²) >= 11 is 0. The zero-order valence-electron chi connectivity index (χ0n) is 15.2. The van der Waals surface area contributed by atoms with Gasteiger partial charge in [-0.25, -0.2) is 14.8 Å². The molecule has 2 aliphatic heterocycles. The molecule has 3 heterocycles. The number of hydrogen-bond donors (Lipinski definition) is 1. The number of piperidine rings is 1. The predicted octanol–water partition coefficient (Wildman–Crippen LogP) is 1.90. The number of nitrogens with zero attached hydrogens (tertiary/aromatic N) is 4. The third kappa shape index (κ3) is 4.81. The molecule has 0 spiro atoms. The molecule has 0 unspecified atom stereocenters. The predicted molar refractivity (Wildman–Crippen MR) is 95.5 cm³/mol. The second-order valence-corrected chi connectivity index (χ2v) is 7.15. The number of carbonyl (C=O) groups excluding carboxylic acids is 1. The highest BCUT2D eigenvalue weighted by molar-refractivity contribution is 5.74. The molecule has 2 amide bonds. The van der Waals surface area contributed by atoms with Crippen molar-refractivity contribution in [1.29, 1.82) is 0 Å². The van der Waals surface area contributed by atoms with E-state index in [1.54, 1.807) is 18.5 Å². The summed E-state index contributed by atoms with van der Waals surface area (Å²) in [5.41, 5.74) is 0. The van der Waals surface area contributed by atoms with Crippen LogP contribution in [0.2, 0.25) is 0 Å². The lowest BCUT2D eigenvalue weighted by atomic mass is 10.1. The zero-order chi connectivity index (χ0) is 17.6. The number of likely N-dealkylation sites (tertiary alicyclic amines) is 2. The number of carbonyl (C=O) groups is 1. The Morgan fingerprint density at radius 1 is 1.24 bits per heavy atom. The molecule has 7 heteroatoms. The molecule has 138 valence electrons. The Morgan fingerprint density at radius 3 is 2.64 bits per heavy atom. The second kappa shape index (κ2) is 8.47. The summed E-state index contributed by atoms with van der Waals surface area (Å²) in [6.45, 7) is 7.75. The van der Waals surface area contributed by atoms with Crippen molar-refractivity contribution < 1.29 is 9.53 Å². The van der Waals surface area contributed by atoms with Gasteiger partial charge in [-0.2, -0.15) is 0 Å². The fourth-order valence-electron chi connectivity index (χ4n) is 3.75. The number of ether oxygens (including phenoxy) is 1. The fraction of sp³-hybridized carbons (Fsp3) is 0.722. The number of amides is 2. The third-order valence-corrected chi connectivity index (χ3v) is 5.12. The largest absolute Gasteiger partial charge is 0.460 e. The van der Waals surface area contributed by atoms with Gasteiger partial charge in [-0.05, 0) is 39.3 Å². The van der Waals surface area contributed by atoms with Gasteiger partial charge in [0, 0.05) is 57.0 Å². The Bertz CT molecular complexity index is 546. The highest BCUT2D eigenvalue weighted by Crippen LogP contribution is 2.20. The smallest absolute Gasteiger partial charge is 0.317 e. The highest BCUT2D eigenvalue weighted by Gasteiger charge is 2.28. The minimum Gasteiger partial charge on any atom is -0.460 e. The normalized spacial score (nSPS) is 22.4. The Kier molecular flexibility index (Phi) is 6.07. The van der Waals surface area contributed by atoms with Crippen LogP contribution in [0.3, 0.4) is 0 Å². The summed E-state index contributed by atoms with van der Waals surface area (Å²) in [4.78, 5) is 25.0. The summed E-state index contributed by atoms with van der Waals surface area (Å²) in [7, 11) is 0. The average molecular weight is 347 g/mol. The number of rotatable bonds is 5. The van der Waals surface area contributed by atoms with E-state index in [4.69, 9.17) is 4.74 Å². The lowest BCUT2D eigenvalue weighted by Gasteiger charge is -2.33. The average Bonchev–Trinajstić information content (AvgIpc) is 3.10. The van der Waals surface area contributed by atoms with Crippen LogP contribution in [0.1, 0.15) is 39.5 Å². The molecule has 2 aliphatic rings. The molecule has 2 fully saturated rings. The molecular formula is C18H29N5O2. The molecule has 2 saturated heterocycles. The van der Waals surface area contributed by atoms with Gasteiger partial charge >= 0.3 is 12.0 Å². The van der Waals surface area contributed by atoms with E-state index in [0.717, 1.165) is 25.9 Å². The molecular weight excluding hydrogens is 318 g/mol. The topological polar surface area (TPSA) is 70.6 Å². The Morgan fingerprint density at radius 2 is 1.96 bits per heavy atom. The maximum Gasteiger partial charge on any atom is 0.317 e. The number of hydrogen-bond acceptors (Lipinski definition) is 5. The molecule has 25 heavy (non-hydrogen) atoms. The first kappa shape index (κ1) is 17.9. The van der Waals surface area contributed by atoms with Crippen LogP contribution in [0.15, 0.2) is 18.5 Å². The lowest BCUT2D eigenvalue weighted by molar-refractivity contribution is 0.102. The van der Waals surface area contributed by atoms with E-state index in [0.29, 0.717) is 31.2 Å². The van der Waals surface area contributed by atoms with Gasteiger partial charge in [0.25, 0.3) is 0 Å². The van der Waals surface area contributed by atoms with Gasteiger partial charge in [0.15, 0.2) is 0 Å². The molecule has 1 N–H and O–H groups in total. The van der Waals surface area contributed by atoms with Crippen LogP contribution < -0.4 is 10.1 Å². The second-order valence-electron chi connectivity index (χ2n) is 7.15. The number of nitrogens with one attached hydrogen (secondary N) is 1. The van der Waals surface area contributed by atoms with Gasteiger partial charge in [-0.1, -0.05) is 0 Å². The van der Waals surface area contributed by atoms with Gasteiger partial charge in [0.2, 0.25) is 0 Å². The maximum absolute atomic E-state index is 12.4. The molecule has 1 atom stereocenters. The van der Waals surface area contributed by atoms with Crippen LogP contribution in [-0.4, -0.2) is 70.2 Å². The van der Waals surface area contributed by atoms with Gasteiger partial charge in [0.05, 0.1) is 0 Å². The molecule has 1 aromatic rings. The Balaban J connectivity index is 1.39. The monoisotopic (exact) mass is 347 g/mol. The Hall–Kier alpha value is -1.89. The summed E-state index contributed by atoms with van der Waals surface area (Å²) in [5, 5.41) is 3.12. The first-order chi connectivity index (χ1) is 12.1. The van der Waals surface area contributed by atoms with E-state index in [1.165, 1.54) is 12.8 Å². The Labute approximate surface area is 149 Å². The lowest BCUT2D eigenvalue weighted by Crippen LogP contribution is -2.50. The van der Waals surface area contributed by atoms with E-state index in [2.05, 4.69) is 34.0 Å². The van der Waals surface area contributed by atoms with Crippen LogP contribution >= 0.6 is 0 Å². The first-order valence-electron chi connectivity index (χ1n) is 9.35. The quantitative estimate of drug-likeness (QED) is 0.881. The van der Waals surface area contributed by atoms with Gasteiger partial charge < -0.3 is 15.0 Å². The fourth-order valence-corrected chi connectivity index (χ4v) is 3.75. The van der Waals surface area contributed by atoms with E-state index < -0.39 is 0 Å². The minimum absolute atomic E-state index is 0.0463. The molecule has 0 saturated carbocycles. The van der Waals surface area contributed by atoms with Crippen molar-refractivity contribution >= 4 is 6.03 Å². The van der Waals surface area contributed by atoms with Crippen LogP contribution in [-0.2, 0) is 0 Å². The molecule has 0 bridgehead atoms. The molecule has 0 radical (unpaired) electrons. The zero-order valence-corrected chi connectivity index (χ0v) is 15.2. The van der Waals surface area contributed by atoms with Crippen molar-refractivity contribution in [2.24, 2.45) is 0 Å². The number of aromatic nitrogens is 2. The van der Waals surface area contributed by atoms with E-state index in [1.807, 2.05) is 4.90 Å². The molecule has 1 aromatic heterocycles. The van der Waals surface area contributed by atoms with Crippen molar-refractivity contribution in [3.05, 3.63) is 18.5 Å². The summed E-state index contributed by atoms with van der Waals surface area (Å²) in [5.74, 6) is 0. The first-order valence-corrected chi connectivity index (χ1v) is 9.35. The molecule has 7 nitrogen and oxygen atoms in total. The van der Waals surface area contributed by atoms with Crippen LogP contribution in [0.4, 0.5) is 4.79 Å². The van der Waals surface area contributed by atoms with Crippen molar-refractivity contribution in [3.8, 4) is 6.01 Å². The van der Waals surface area contributed by atoms with Gasteiger partial charge in [0.1, 0.15) is 6.10 Å². The van der Waals surface area contributed by atoms with Crippen LogP contribution in [0.25, 0.3) is 0 Å². The van der Waals surface area contributed by atoms with E-state index in [-0.39, 0.29) is 12.1 Å². The third-order valence-electron chi connectivity index (χ3n) is 5.12. The van der Waals surface area contributed by atoms with E-state index >= 15 is 0 Å². The molecule has 0 aromatic carbocycles. The SMILES string of the molecule is CC(C)N1CCC[C@@H]1CNC(=O)N1CCC(Oc2ncccn2)CC1. The summed E-state index contributed by atoms with van der Waals surface area (Å²) in [6, 6.07) is 3.24. The van der Waals surface area contributed by atoms with Crippen LogP contribution in [0.5, 0.6) is 6.01 Å². The van der Waals surface area contributed by atoms with Crippen LogP contribution in [0, 0.1) is 0 Å². The number of urea groups is 1. The minimum atomic E-state index is 0.0463. The van der Waals surface area contributed by atoms with Gasteiger partial charge in [-0.15, -0.1) is 0 Å². The van der Waals surface area contributed by atoms with Crippen molar-refractivity contribution in [3.63, 3.8) is 0 Å². The highest BCUT2D eigenvalue weighted by atomic mass is 16.5.